The SMILES string of the molecule is C[C@H](NC(=O)c1cc(Br)cn1C1CC1)c1ccc(Br)cc1. The van der Waals surface area contributed by atoms with E-state index >= 15 is 0 Å². The third-order valence-electron chi connectivity index (χ3n) is 3.71. The van der Waals surface area contributed by atoms with Crippen LogP contribution in [0.5, 0.6) is 0 Å². The zero-order chi connectivity index (χ0) is 15.0. The summed E-state index contributed by atoms with van der Waals surface area (Å²) in [5.74, 6) is -0.0250. The van der Waals surface area contributed by atoms with Crippen molar-refractivity contribution in [3.63, 3.8) is 0 Å². The van der Waals surface area contributed by atoms with Gasteiger partial charge in [-0.05, 0) is 59.5 Å². The van der Waals surface area contributed by atoms with E-state index < -0.39 is 0 Å². The van der Waals surface area contributed by atoms with E-state index in [1.165, 1.54) is 0 Å². The first-order chi connectivity index (χ1) is 10.0. The maximum absolute atomic E-state index is 12.5. The Balaban J connectivity index is 1.75. The molecule has 1 aromatic carbocycles. The molecule has 1 aliphatic rings. The molecule has 1 N–H and O–H groups in total. The lowest BCUT2D eigenvalue weighted by molar-refractivity contribution is 0.0930. The van der Waals surface area contributed by atoms with E-state index in [-0.39, 0.29) is 11.9 Å². The minimum atomic E-state index is -0.0250. The third-order valence-corrected chi connectivity index (χ3v) is 4.67. The summed E-state index contributed by atoms with van der Waals surface area (Å²) in [5.41, 5.74) is 1.82. The Morgan fingerprint density at radius 1 is 1.24 bits per heavy atom. The van der Waals surface area contributed by atoms with Crippen LogP contribution in [0.4, 0.5) is 0 Å². The van der Waals surface area contributed by atoms with Crippen molar-refractivity contribution < 1.29 is 4.79 Å². The van der Waals surface area contributed by atoms with Crippen LogP contribution >= 0.6 is 31.9 Å². The highest BCUT2D eigenvalue weighted by Crippen LogP contribution is 2.37. The number of aromatic nitrogens is 1. The first kappa shape index (κ1) is 14.9. The van der Waals surface area contributed by atoms with Crippen LogP contribution in [0.1, 0.15) is 47.9 Å². The predicted molar refractivity (Wildman–Crippen MR) is 90.4 cm³/mol. The van der Waals surface area contributed by atoms with Crippen LogP contribution in [0.15, 0.2) is 45.5 Å². The summed E-state index contributed by atoms with van der Waals surface area (Å²) in [7, 11) is 0. The van der Waals surface area contributed by atoms with Gasteiger partial charge in [0.05, 0.1) is 6.04 Å². The van der Waals surface area contributed by atoms with Gasteiger partial charge < -0.3 is 9.88 Å². The number of halogens is 2. The molecule has 1 amide bonds. The summed E-state index contributed by atoms with van der Waals surface area (Å²) in [4.78, 5) is 12.5. The Labute approximate surface area is 141 Å². The van der Waals surface area contributed by atoms with Crippen LogP contribution in [0.3, 0.4) is 0 Å². The second-order valence-corrected chi connectivity index (χ2v) is 7.26. The Hall–Kier alpha value is -1.07. The molecule has 3 nitrogen and oxygen atoms in total. The molecule has 1 saturated carbocycles. The fourth-order valence-corrected chi connectivity index (χ4v) is 3.09. The molecule has 1 aliphatic carbocycles. The Morgan fingerprint density at radius 3 is 2.52 bits per heavy atom. The van der Waals surface area contributed by atoms with Gasteiger partial charge in [-0.2, -0.15) is 0 Å². The normalized spacial score (nSPS) is 15.8. The number of nitrogens with one attached hydrogen (secondary N) is 1. The summed E-state index contributed by atoms with van der Waals surface area (Å²) < 4.78 is 4.07. The Bertz CT molecular complexity index is 659. The second kappa shape index (κ2) is 5.97. The van der Waals surface area contributed by atoms with Crippen molar-refractivity contribution in [1.29, 1.82) is 0 Å². The topological polar surface area (TPSA) is 34.0 Å². The molecule has 2 aromatic rings. The number of carbonyl (C=O) groups is 1. The summed E-state index contributed by atoms with van der Waals surface area (Å²) in [6.07, 6.45) is 4.31. The van der Waals surface area contributed by atoms with Crippen LogP contribution < -0.4 is 5.32 Å². The van der Waals surface area contributed by atoms with Gasteiger partial charge in [-0.1, -0.05) is 28.1 Å². The summed E-state index contributed by atoms with van der Waals surface area (Å²) >= 11 is 6.88. The fraction of sp³-hybridized carbons (Fsp3) is 0.312. The van der Waals surface area contributed by atoms with E-state index in [1.807, 2.05) is 43.5 Å². The highest BCUT2D eigenvalue weighted by atomic mass is 79.9. The first-order valence-electron chi connectivity index (χ1n) is 6.98. The maximum Gasteiger partial charge on any atom is 0.268 e. The first-order valence-corrected chi connectivity index (χ1v) is 8.57. The molecule has 0 unspecified atom stereocenters. The fourth-order valence-electron chi connectivity index (χ4n) is 2.39. The van der Waals surface area contributed by atoms with Crippen LogP contribution in [0.25, 0.3) is 0 Å². The molecule has 0 bridgehead atoms. The van der Waals surface area contributed by atoms with Crippen molar-refractivity contribution in [3.8, 4) is 0 Å². The van der Waals surface area contributed by atoms with E-state index in [2.05, 4.69) is 41.7 Å². The molecule has 21 heavy (non-hydrogen) atoms. The average Bonchev–Trinajstić information content (AvgIpc) is 3.22. The lowest BCUT2D eigenvalue weighted by atomic mass is 10.1. The van der Waals surface area contributed by atoms with Gasteiger partial charge in [-0.3, -0.25) is 4.79 Å². The summed E-state index contributed by atoms with van der Waals surface area (Å²) in [6, 6.07) is 10.4. The van der Waals surface area contributed by atoms with Gasteiger partial charge in [0.1, 0.15) is 5.69 Å². The summed E-state index contributed by atoms with van der Waals surface area (Å²) in [6.45, 7) is 2.00. The zero-order valence-electron chi connectivity index (χ0n) is 11.6. The number of amides is 1. The van der Waals surface area contributed by atoms with Crippen molar-refractivity contribution in [1.82, 2.24) is 9.88 Å². The van der Waals surface area contributed by atoms with Crippen LogP contribution in [0.2, 0.25) is 0 Å². The minimum absolute atomic E-state index is 0.0214. The zero-order valence-corrected chi connectivity index (χ0v) is 14.8. The number of rotatable bonds is 4. The molecule has 1 heterocycles. The lowest BCUT2D eigenvalue weighted by Crippen LogP contribution is -2.28. The largest absolute Gasteiger partial charge is 0.344 e. The number of hydrogen-bond acceptors (Lipinski definition) is 1. The van der Waals surface area contributed by atoms with Crippen LogP contribution in [-0.2, 0) is 0 Å². The highest BCUT2D eigenvalue weighted by Gasteiger charge is 2.28. The van der Waals surface area contributed by atoms with E-state index in [0.29, 0.717) is 6.04 Å². The van der Waals surface area contributed by atoms with Gasteiger partial charge in [0, 0.05) is 21.2 Å². The molecular formula is C16H16Br2N2O. The van der Waals surface area contributed by atoms with Gasteiger partial charge >= 0.3 is 0 Å². The third kappa shape index (κ3) is 3.40. The van der Waals surface area contributed by atoms with Gasteiger partial charge in [-0.15, -0.1) is 0 Å². The summed E-state index contributed by atoms with van der Waals surface area (Å²) in [5, 5.41) is 3.07. The molecule has 3 rings (SSSR count). The molecule has 5 heteroatoms. The minimum Gasteiger partial charge on any atom is -0.344 e. The Morgan fingerprint density at radius 2 is 1.90 bits per heavy atom. The molecule has 0 aliphatic heterocycles. The van der Waals surface area contributed by atoms with Crippen molar-refractivity contribution in [3.05, 3.63) is 56.7 Å². The molecule has 1 atom stereocenters. The molecular weight excluding hydrogens is 396 g/mol. The van der Waals surface area contributed by atoms with Crippen molar-refractivity contribution >= 4 is 37.8 Å². The van der Waals surface area contributed by atoms with Gasteiger partial charge in [0.15, 0.2) is 0 Å². The van der Waals surface area contributed by atoms with Crippen molar-refractivity contribution in [2.45, 2.75) is 31.8 Å². The van der Waals surface area contributed by atoms with Crippen LogP contribution in [-0.4, -0.2) is 10.5 Å². The predicted octanol–water partition coefficient (Wildman–Crippen LogP) is 4.84. The number of benzene rings is 1. The standard InChI is InChI=1S/C16H16Br2N2O/c1-10(11-2-4-12(17)5-3-11)19-16(21)15-8-13(18)9-20(15)14-6-7-14/h2-5,8-10,14H,6-7H2,1H3,(H,19,21)/t10-/m0/s1. The molecule has 0 radical (unpaired) electrons. The molecule has 0 spiro atoms. The van der Waals surface area contributed by atoms with E-state index in [4.69, 9.17) is 0 Å². The maximum atomic E-state index is 12.5. The Kier molecular flexibility index (Phi) is 4.22. The number of hydrogen-bond donors (Lipinski definition) is 1. The van der Waals surface area contributed by atoms with Gasteiger partial charge in [0.25, 0.3) is 5.91 Å². The lowest BCUT2D eigenvalue weighted by Gasteiger charge is -2.15. The molecule has 1 aromatic heterocycles. The van der Waals surface area contributed by atoms with Crippen molar-refractivity contribution in [2.75, 3.05) is 0 Å². The number of nitrogens with zero attached hydrogens (tertiary/aromatic N) is 1. The highest BCUT2D eigenvalue weighted by molar-refractivity contribution is 9.10. The van der Waals surface area contributed by atoms with Crippen LogP contribution in [0, 0.1) is 0 Å². The van der Waals surface area contributed by atoms with Gasteiger partial charge in [0.2, 0.25) is 0 Å². The smallest absolute Gasteiger partial charge is 0.268 e. The van der Waals surface area contributed by atoms with E-state index in [1.54, 1.807) is 0 Å². The molecule has 110 valence electrons. The monoisotopic (exact) mass is 410 g/mol. The molecule has 0 saturated heterocycles. The average molecular weight is 412 g/mol. The number of carbonyl (C=O) groups excluding carboxylic acids is 1. The van der Waals surface area contributed by atoms with Crippen molar-refractivity contribution in [2.24, 2.45) is 0 Å². The second-order valence-electron chi connectivity index (χ2n) is 5.43. The quantitative estimate of drug-likeness (QED) is 0.767. The van der Waals surface area contributed by atoms with E-state index in [0.717, 1.165) is 33.0 Å². The van der Waals surface area contributed by atoms with E-state index in [9.17, 15) is 4.79 Å². The van der Waals surface area contributed by atoms with Gasteiger partial charge in [-0.25, -0.2) is 0 Å². The molecule has 1 fully saturated rings.